The van der Waals surface area contributed by atoms with E-state index in [4.69, 9.17) is 10.00 Å². The number of methoxy groups -OCH3 is 1. The Labute approximate surface area is 91.2 Å². The van der Waals surface area contributed by atoms with Gasteiger partial charge in [0.1, 0.15) is 17.4 Å². The quantitative estimate of drug-likeness (QED) is 0.438. The van der Waals surface area contributed by atoms with Gasteiger partial charge in [0.05, 0.1) is 18.1 Å². The van der Waals surface area contributed by atoms with Gasteiger partial charge in [-0.05, 0) is 6.92 Å². The van der Waals surface area contributed by atoms with E-state index in [1.54, 1.807) is 6.07 Å². The van der Waals surface area contributed by atoms with Crippen molar-refractivity contribution in [3.05, 3.63) is 33.4 Å². The first kappa shape index (κ1) is 11.7. The smallest absolute Gasteiger partial charge is 0.273 e. The van der Waals surface area contributed by atoms with Crippen molar-refractivity contribution in [1.29, 1.82) is 5.26 Å². The van der Waals surface area contributed by atoms with Crippen LogP contribution in [0.3, 0.4) is 0 Å². The number of nitrogens with zero attached hydrogens (tertiary/aromatic N) is 2. The summed E-state index contributed by atoms with van der Waals surface area (Å²) in [4.78, 5) is 21.2. The van der Waals surface area contributed by atoms with E-state index in [1.165, 1.54) is 14.0 Å². The van der Waals surface area contributed by atoms with Crippen LogP contribution >= 0.6 is 0 Å². The predicted molar refractivity (Wildman–Crippen MR) is 54.4 cm³/mol. The van der Waals surface area contributed by atoms with Crippen LogP contribution in [0, 0.1) is 21.4 Å². The number of rotatable bonds is 3. The molecule has 6 heteroatoms. The molecule has 0 N–H and O–H groups in total. The molecule has 0 saturated heterocycles. The molecule has 0 unspecified atom stereocenters. The van der Waals surface area contributed by atoms with Gasteiger partial charge in [0.15, 0.2) is 5.78 Å². The number of carbonyl (C=O) groups is 1. The maximum Gasteiger partial charge on any atom is 0.273 e. The van der Waals surface area contributed by atoms with Crippen LogP contribution in [0.15, 0.2) is 12.1 Å². The zero-order valence-corrected chi connectivity index (χ0v) is 8.68. The first-order valence-electron chi connectivity index (χ1n) is 4.28. The molecule has 1 rings (SSSR count). The second-order valence-electron chi connectivity index (χ2n) is 3.00. The van der Waals surface area contributed by atoms with Gasteiger partial charge in [-0.15, -0.1) is 0 Å². The number of hydrogen-bond acceptors (Lipinski definition) is 5. The van der Waals surface area contributed by atoms with E-state index in [0.717, 1.165) is 12.1 Å². The second kappa shape index (κ2) is 4.40. The molecule has 0 heterocycles. The van der Waals surface area contributed by atoms with E-state index >= 15 is 0 Å². The number of nitro benzene ring substituents is 1. The average Bonchev–Trinajstić information content (AvgIpc) is 2.26. The maximum atomic E-state index is 11.2. The molecule has 0 aliphatic carbocycles. The highest BCUT2D eigenvalue weighted by Crippen LogP contribution is 2.28. The lowest BCUT2D eigenvalue weighted by Crippen LogP contribution is -2.02. The molecule has 0 fully saturated rings. The monoisotopic (exact) mass is 220 g/mol. The zero-order valence-electron chi connectivity index (χ0n) is 8.68. The van der Waals surface area contributed by atoms with E-state index in [9.17, 15) is 14.9 Å². The van der Waals surface area contributed by atoms with Crippen molar-refractivity contribution in [2.45, 2.75) is 6.92 Å². The van der Waals surface area contributed by atoms with Gasteiger partial charge in [0, 0.05) is 11.6 Å². The number of nitriles is 1. The van der Waals surface area contributed by atoms with Gasteiger partial charge in [-0.1, -0.05) is 0 Å². The first-order valence-corrected chi connectivity index (χ1v) is 4.28. The fourth-order valence-electron chi connectivity index (χ4n) is 1.26. The van der Waals surface area contributed by atoms with E-state index in [0.29, 0.717) is 0 Å². The number of benzene rings is 1. The van der Waals surface area contributed by atoms with Crippen molar-refractivity contribution in [2.75, 3.05) is 7.11 Å². The lowest BCUT2D eigenvalue weighted by molar-refractivity contribution is -0.385. The van der Waals surface area contributed by atoms with Gasteiger partial charge >= 0.3 is 0 Å². The van der Waals surface area contributed by atoms with Crippen molar-refractivity contribution in [2.24, 2.45) is 0 Å². The van der Waals surface area contributed by atoms with Crippen molar-refractivity contribution in [3.63, 3.8) is 0 Å². The van der Waals surface area contributed by atoms with Crippen LogP contribution in [0.5, 0.6) is 5.75 Å². The summed E-state index contributed by atoms with van der Waals surface area (Å²) in [5.41, 5.74) is -0.268. The third kappa shape index (κ3) is 1.98. The number of hydrogen-bond donors (Lipinski definition) is 0. The lowest BCUT2D eigenvalue weighted by Gasteiger charge is -2.05. The number of nitro groups is 1. The van der Waals surface area contributed by atoms with E-state index in [1.807, 2.05) is 0 Å². The largest absolute Gasteiger partial charge is 0.495 e. The minimum Gasteiger partial charge on any atom is -0.495 e. The summed E-state index contributed by atoms with van der Waals surface area (Å²) in [6, 6.07) is 3.98. The van der Waals surface area contributed by atoms with Gasteiger partial charge in [0.25, 0.3) is 5.69 Å². The summed E-state index contributed by atoms with van der Waals surface area (Å²) in [7, 11) is 1.28. The highest BCUT2D eigenvalue weighted by molar-refractivity contribution is 5.98. The third-order valence-corrected chi connectivity index (χ3v) is 2.01. The Hall–Kier alpha value is -2.42. The predicted octanol–water partition coefficient (Wildman–Crippen LogP) is 1.68. The fourth-order valence-corrected chi connectivity index (χ4v) is 1.26. The molecule has 0 spiro atoms. The van der Waals surface area contributed by atoms with Crippen molar-refractivity contribution in [3.8, 4) is 11.8 Å². The van der Waals surface area contributed by atoms with E-state index in [-0.39, 0.29) is 22.6 Å². The Balaban J connectivity index is 3.57. The second-order valence-corrected chi connectivity index (χ2v) is 3.00. The number of Topliss-reactive ketones (excluding diaryl/α,β-unsaturated/α-hetero) is 1. The highest BCUT2D eigenvalue weighted by atomic mass is 16.6. The van der Waals surface area contributed by atoms with Gasteiger partial charge in [-0.2, -0.15) is 5.26 Å². The molecule has 0 saturated carbocycles. The number of ether oxygens (including phenoxy) is 1. The van der Waals surface area contributed by atoms with Crippen molar-refractivity contribution < 1.29 is 14.5 Å². The zero-order chi connectivity index (χ0) is 12.3. The SMILES string of the molecule is COc1cc([N+](=O)[O-])cc(C(C)=O)c1C#N. The van der Waals surface area contributed by atoms with Crippen molar-refractivity contribution >= 4 is 11.5 Å². The van der Waals surface area contributed by atoms with Crippen LogP contribution in [-0.4, -0.2) is 17.8 Å². The van der Waals surface area contributed by atoms with E-state index < -0.39 is 10.7 Å². The van der Waals surface area contributed by atoms with Crippen LogP contribution in [0.4, 0.5) is 5.69 Å². The Bertz CT molecular complexity index is 502. The van der Waals surface area contributed by atoms with Crippen LogP contribution < -0.4 is 4.74 Å². The molecule has 82 valence electrons. The van der Waals surface area contributed by atoms with Crippen molar-refractivity contribution in [1.82, 2.24) is 0 Å². The van der Waals surface area contributed by atoms with Gasteiger partial charge in [-0.25, -0.2) is 0 Å². The van der Waals surface area contributed by atoms with Crippen LogP contribution in [0.2, 0.25) is 0 Å². The molecular weight excluding hydrogens is 212 g/mol. The standard InChI is InChI=1S/C10H8N2O4/c1-6(13)8-3-7(12(14)15)4-10(16-2)9(8)5-11/h3-4H,1-2H3. The summed E-state index contributed by atoms with van der Waals surface area (Å²) in [6.45, 7) is 1.24. The molecule has 0 aliphatic heterocycles. The molecule has 0 bridgehead atoms. The molecule has 6 nitrogen and oxygen atoms in total. The van der Waals surface area contributed by atoms with Crippen LogP contribution in [0.25, 0.3) is 0 Å². The first-order chi connectivity index (χ1) is 7.51. The summed E-state index contributed by atoms with van der Waals surface area (Å²) < 4.78 is 4.84. The summed E-state index contributed by atoms with van der Waals surface area (Å²) >= 11 is 0. The topological polar surface area (TPSA) is 93.2 Å². The molecule has 0 aliphatic rings. The number of ketones is 1. The molecule has 16 heavy (non-hydrogen) atoms. The van der Waals surface area contributed by atoms with E-state index in [2.05, 4.69) is 0 Å². The molecular formula is C10H8N2O4. The third-order valence-electron chi connectivity index (χ3n) is 2.01. The molecule has 0 radical (unpaired) electrons. The van der Waals surface area contributed by atoms with Crippen LogP contribution in [-0.2, 0) is 0 Å². The number of carbonyl (C=O) groups excluding carboxylic acids is 1. The molecule has 0 aromatic heterocycles. The molecule has 0 amide bonds. The fraction of sp³-hybridized carbons (Fsp3) is 0.200. The van der Waals surface area contributed by atoms with Gasteiger partial charge < -0.3 is 4.74 Å². The molecule has 1 aromatic rings. The van der Waals surface area contributed by atoms with Gasteiger partial charge in [0.2, 0.25) is 0 Å². The molecule has 0 atom stereocenters. The Morgan fingerprint density at radius 2 is 2.19 bits per heavy atom. The average molecular weight is 220 g/mol. The normalized spacial score (nSPS) is 9.31. The molecule has 1 aromatic carbocycles. The number of non-ortho nitro benzene ring substituents is 1. The lowest BCUT2D eigenvalue weighted by atomic mass is 10.0. The Morgan fingerprint density at radius 1 is 1.56 bits per heavy atom. The highest BCUT2D eigenvalue weighted by Gasteiger charge is 2.19. The van der Waals surface area contributed by atoms with Gasteiger partial charge in [-0.3, -0.25) is 14.9 Å². The van der Waals surface area contributed by atoms with Crippen LogP contribution in [0.1, 0.15) is 22.8 Å². The maximum absolute atomic E-state index is 11.2. The minimum atomic E-state index is -0.643. The Morgan fingerprint density at radius 3 is 2.56 bits per heavy atom. The Kier molecular flexibility index (Phi) is 3.20. The minimum absolute atomic E-state index is 0.00597. The summed E-state index contributed by atoms with van der Waals surface area (Å²) in [5.74, 6) is -0.388. The summed E-state index contributed by atoms with van der Waals surface area (Å²) in [5, 5.41) is 19.5. The summed E-state index contributed by atoms with van der Waals surface area (Å²) in [6.07, 6.45) is 0.